The van der Waals surface area contributed by atoms with E-state index in [0.29, 0.717) is 5.76 Å². The van der Waals surface area contributed by atoms with Crippen molar-refractivity contribution in [2.75, 3.05) is 6.54 Å². The monoisotopic (exact) mass is 241 g/mol. The van der Waals surface area contributed by atoms with Gasteiger partial charge in [-0.25, -0.2) is 0 Å². The third-order valence-corrected chi connectivity index (χ3v) is 3.04. The molecule has 0 atom stereocenters. The number of nitrogens with one attached hydrogen (secondary N) is 1. The lowest BCUT2D eigenvalue weighted by Crippen LogP contribution is -2.23. The summed E-state index contributed by atoms with van der Waals surface area (Å²) in [6, 6.07) is 4.02. The summed E-state index contributed by atoms with van der Waals surface area (Å²) >= 11 is 0. The Bertz CT molecular complexity index is 659. The number of furan rings is 1. The van der Waals surface area contributed by atoms with Crippen molar-refractivity contribution in [2.24, 2.45) is 0 Å². The van der Waals surface area contributed by atoms with Crippen molar-refractivity contribution in [3.63, 3.8) is 0 Å². The number of hydrogen-bond acceptors (Lipinski definition) is 2. The molecule has 0 spiro atoms. The zero-order valence-electron chi connectivity index (χ0n) is 10.8. The Balaban J connectivity index is 2.58. The molecule has 0 fully saturated rings. The van der Waals surface area contributed by atoms with Crippen LogP contribution >= 0.6 is 0 Å². The van der Waals surface area contributed by atoms with Crippen LogP contribution in [0.2, 0.25) is 0 Å². The van der Waals surface area contributed by atoms with Gasteiger partial charge < -0.3 is 9.73 Å². The normalized spacial score (nSPS) is 10.3. The molecule has 18 heavy (non-hydrogen) atoms. The van der Waals surface area contributed by atoms with Gasteiger partial charge in [0, 0.05) is 10.9 Å². The largest absolute Gasteiger partial charge is 0.450 e. The highest BCUT2D eigenvalue weighted by atomic mass is 16.3. The minimum atomic E-state index is -0.263. The van der Waals surface area contributed by atoms with Crippen LogP contribution in [0.1, 0.15) is 27.2 Å². The first-order chi connectivity index (χ1) is 8.56. The average Bonchev–Trinajstić information content (AvgIpc) is 2.70. The Morgan fingerprint density at radius 1 is 1.33 bits per heavy atom. The third kappa shape index (κ3) is 1.86. The Hall–Kier alpha value is -2.21. The van der Waals surface area contributed by atoms with Gasteiger partial charge in [0.15, 0.2) is 5.76 Å². The first-order valence-corrected chi connectivity index (χ1v) is 5.77. The number of hydrogen-bond donors (Lipinski definition) is 1. The molecular weight excluding hydrogens is 226 g/mol. The van der Waals surface area contributed by atoms with Crippen molar-refractivity contribution in [1.82, 2.24) is 5.32 Å². The molecule has 0 unspecified atom stereocenters. The van der Waals surface area contributed by atoms with E-state index >= 15 is 0 Å². The van der Waals surface area contributed by atoms with Gasteiger partial charge in [0.1, 0.15) is 5.58 Å². The quantitative estimate of drug-likeness (QED) is 0.821. The summed E-state index contributed by atoms with van der Waals surface area (Å²) in [4.78, 5) is 11.9. The van der Waals surface area contributed by atoms with Gasteiger partial charge in [0.25, 0.3) is 5.91 Å². The summed E-state index contributed by atoms with van der Waals surface area (Å²) in [5, 5.41) is 3.64. The van der Waals surface area contributed by atoms with E-state index < -0.39 is 0 Å². The molecule has 3 heteroatoms. The van der Waals surface area contributed by atoms with Crippen molar-refractivity contribution < 1.29 is 9.21 Å². The Morgan fingerprint density at radius 3 is 2.61 bits per heavy atom. The molecule has 1 aromatic carbocycles. The lowest BCUT2D eigenvalue weighted by Gasteiger charge is -1.99. The van der Waals surface area contributed by atoms with Gasteiger partial charge in [-0.2, -0.15) is 0 Å². The van der Waals surface area contributed by atoms with Crippen LogP contribution in [0, 0.1) is 33.1 Å². The minimum absolute atomic E-state index is 0.202. The van der Waals surface area contributed by atoms with E-state index in [4.69, 9.17) is 10.8 Å². The maximum absolute atomic E-state index is 11.9. The van der Waals surface area contributed by atoms with Crippen LogP contribution < -0.4 is 5.32 Å². The van der Waals surface area contributed by atoms with E-state index in [0.717, 1.165) is 27.7 Å². The molecule has 0 radical (unpaired) electrons. The summed E-state index contributed by atoms with van der Waals surface area (Å²) in [5.74, 6) is 2.45. The number of rotatable bonds is 2. The van der Waals surface area contributed by atoms with Crippen LogP contribution in [0.25, 0.3) is 11.0 Å². The number of fused-ring (bicyclic) bond motifs is 1. The smallest absolute Gasteiger partial charge is 0.288 e. The van der Waals surface area contributed by atoms with Gasteiger partial charge >= 0.3 is 0 Å². The Kier molecular flexibility index (Phi) is 3.12. The van der Waals surface area contributed by atoms with Crippen molar-refractivity contribution in [1.29, 1.82) is 0 Å². The zero-order valence-corrected chi connectivity index (χ0v) is 10.8. The molecule has 0 saturated heterocycles. The average molecular weight is 241 g/mol. The lowest BCUT2D eigenvalue weighted by molar-refractivity contribution is 0.0932. The number of carbonyl (C=O) groups excluding carboxylic acids is 1. The van der Waals surface area contributed by atoms with Crippen molar-refractivity contribution in [2.45, 2.75) is 20.8 Å². The summed E-state index contributed by atoms with van der Waals surface area (Å²) in [6.45, 7) is 6.07. The summed E-state index contributed by atoms with van der Waals surface area (Å²) < 4.78 is 5.69. The lowest BCUT2D eigenvalue weighted by atomic mass is 10.0. The van der Waals surface area contributed by atoms with Crippen LogP contribution in [-0.2, 0) is 0 Å². The van der Waals surface area contributed by atoms with Gasteiger partial charge in [0.05, 0.1) is 6.54 Å². The van der Waals surface area contributed by atoms with Gasteiger partial charge in [-0.3, -0.25) is 4.79 Å². The molecule has 0 aliphatic rings. The molecule has 1 amide bonds. The van der Waals surface area contributed by atoms with E-state index in [9.17, 15) is 4.79 Å². The summed E-state index contributed by atoms with van der Waals surface area (Å²) in [5.41, 5.74) is 3.77. The van der Waals surface area contributed by atoms with Gasteiger partial charge in [-0.05, 0) is 31.9 Å². The first kappa shape index (κ1) is 12.3. The molecule has 0 aliphatic carbocycles. The van der Waals surface area contributed by atoms with Gasteiger partial charge in [-0.15, -0.1) is 6.42 Å². The van der Waals surface area contributed by atoms with E-state index in [1.54, 1.807) is 0 Å². The Labute approximate surface area is 106 Å². The molecule has 92 valence electrons. The molecular formula is C15H15NO2. The Morgan fingerprint density at radius 2 is 2.00 bits per heavy atom. The highest BCUT2D eigenvalue weighted by Gasteiger charge is 2.19. The fourth-order valence-electron chi connectivity index (χ4n) is 2.10. The molecule has 0 bridgehead atoms. The van der Waals surface area contributed by atoms with Gasteiger partial charge in [-0.1, -0.05) is 18.1 Å². The van der Waals surface area contributed by atoms with Crippen LogP contribution in [0.5, 0.6) is 0 Å². The van der Waals surface area contributed by atoms with Crippen LogP contribution in [-0.4, -0.2) is 12.5 Å². The number of carbonyl (C=O) groups is 1. The van der Waals surface area contributed by atoms with Crippen LogP contribution in [0.15, 0.2) is 16.5 Å². The molecule has 1 N–H and O–H groups in total. The predicted molar refractivity (Wildman–Crippen MR) is 71.6 cm³/mol. The second kappa shape index (κ2) is 4.58. The summed E-state index contributed by atoms with van der Waals surface area (Å²) in [6.07, 6.45) is 5.12. The highest BCUT2D eigenvalue weighted by Crippen LogP contribution is 2.30. The van der Waals surface area contributed by atoms with Crippen LogP contribution in [0.3, 0.4) is 0 Å². The number of terminal acetylenes is 1. The van der Waals surface area contributed by atoms with E-state index in [2.05, 4.69) is 11.2 Å². The fraction of sp³-hybridized carbons (Fsp3) is 0.267. The van der Waals surface area contributed by atoms with Crippen molar-refractivity contribution >= 4 is 16.9 Å². The second-order valence-corrected chi connectivity index (χ2v) is 4.35. The maximum Gasteiger partial charge on any atom is 0.288 e. The van der Waals surface area contributed by atoms with Gasteiger partial charge in [0.2, 0.25) is 0 Å². The van der Waals surface area contributed by atoms with Crippen molar-refractivity contribution in [3.8, 4) is 12.3 Å². The second-order valence-electron chi connectivity index (χ2n) is 4.35. The van der Waals surface area contributed by atoms with Crippen LogP contribution in [0.4, 0.5) is 0 Å². The molecule has 0 aliphatic heterocycles. The number of amides is 1. The maximum atomic E-state index is 11.9. The minimum Gasteiger partial charge on any atom is -0.450 e. The molecule has 2 rings (SSSR count). The highest BCUT2D eigenvalue weighted by molar-refractivity contribution is 6.00. The molecule has 3 nitrogen and oxygen atoms in total. The number of benzene rings is 1. The van der Waals surface area contributed by atoms with E-state index in [1.165, 1.54) is 0 Å². The molecule has 0 saturated carbocycles. The summed E-state index contributed by atoms with van der Waals surface area (Å²) in [7, 11) is 0. The molecule has 1 aromatic heterocycles. The number of aryl methyl sites for hydroxylation is 3. The standard InChI is InChI=1S/C15H15NO2/c1-5-8-16-15(17)14-11(4)12-9(2)6-7-10(3)13(12)18-14/h1,6-7H,8H2,2-4H3,(H,16,17). The molecule has 2 aromatic rings. The van der Waals surface area contributed by atoms with Crippen molar-refractivity contribution in [3.05, 3.63) is 34.6 Å². The fourth-order valence-corrected chi connectivity index (χ4v) is 2.10. The topological polar surface area (TPSA) is 42.2 Å². The third-order valence-electron chi connectivity index (χ3n) is 3.04. The van der Waals surface area contributed by atoms with E-state index in [1.807, 2.05) is 32.9 Å². The zero-order chi connectivity index (χ0) is 13.3. The first-order valence-electron chi connectivity index (χ1n) is 5.77. The van der Waals surface area contributed by atoms with E-state index in [-0.39, 0.29) is 12.5 Å². The predicted octanol–water partition coefficient (Wildman–Crippen LogP) is 2.72. The SMILES string of the molecule is C#CCNC(=O)c1oc2c(C)ccc(C)c2c1C. The molecule has 1 heterocycles.